The van der Waals surface area contributed by atoms with E-state index in [1.807, 2.05) is 0 Å². The van der Waals surface area contributed by atoms with Crippen molar-refractivity contribution >= 4 is 23.6 Å². The molecule has 0 unspecified atom stereocenters. The smallest absolute Gasteiger partial charge is 0.430 e. The highest BCUT2D eigenvalue weighted by atomic mass is 35.5. The molecule has 0 bridgehead atoms. The molecule has 24 heavy (non-hydrogen) atoms. The summed E-state index contributed by atoms with van der Waals surface area (Å²) in [5, 5.41) is 2.37. The maximum absolute atomic E-state index is 13.2. The van der Waals surface area contributed by atoms with Gasteiger partial charge in [0.15, 0.2) is 0 Å². The van der Waals surface area contributed by atoms with Crippen LogP contribution in [0.25, 0.3) is 6.08 Å². The van der Waals surface area contributed by atoms with Crippen LogP contribution in [0.2, 0.25) is 5.02 Å². The number of carbonyl (C=O) groups is 1. The van der Waals surface area contributed by atoms with Crippen molar-refractivity contribution in [1.82, 2.24) is 5.59 Å². The molecule has 1 heterocycles. The standard InChI is InChI=1S/C13H10ClF3N2O5/c1-6-2-8(14)3-7-4-9(12(20)22-5-23-19-18-21)11(13(15,16)17)24-10(6)7/h2-4,11H,5H2,1H3,(H,19,21)/t11-/m0/s1. The molecule has 0 fully saturated rings. The van der Waals surface area contributed by atoms with Crippen LogP contribution in [0, 0.1) is 11.8 Å². The monoisotopic (exact) mass is 366 g/mol. The maximum atomic E-state index is 13.2. The Labute approximate surface area is 138 Å². The van der Waals surface area contributed by atoms with E-state index in [1.54, 1.807) is 0 Å². The summed E-state index contributed by atoms with van der Waals surface area (Å²) < 4.78 is 49.0. The average Bonchev–Trinajstić information content (AvgIpc) is 2.49. The molecule has 1 aromatic carbocycles. The Kier molecular flexibility index (Phi) is 5.30. The third-order valence-corrected chi connectivity index (χ3v) is 3.20. The van der Waals surface area contributed by atoms with Gasteiger partial charge in [-0.3, -0.25) is 0 Å². The zero-order valence-corrected chi connectivity index (χ0v) is 12.8. The number of rotatable bonds is 5. The number of benzene rings is 1. The zero-order chi connectivity index (χ0) is 17.9. The van der Waals surface area contributed by atoms with E-state index in [-0.39, 0.29) is 16.3 Å². The lowest BCUT2D eigenvalue weighted by Crippen LogP contribution is -2.41. The van der Waals surface area contributed by atoms with E-state index in [9.17, 15) is 22.9 Å². The Morgan fingerprint density at radius 2 is 2.17 bits per heavy atom. The van der Waals surface area contributed by atoms with E-state index >= 15 is 0 Å². The highest BCUT2D eigenvalue weighted by molar-refractivity contribution is 6.30. The van der Waals surface area contributed by atoms with Gasteiger partial charge in [-0.2, -0.15) is 13.2 Å². The molecule has 0 amide bonds. The Hall–Kier alpha value is -2.33. The first-order valence-corrected chi connectivity index (χ1v) is 6.73. The van der Waals surface area contributed by atoms with Crippen molar-refractivity contribution in [2.24, 2.45) is 5.29 Å². The van der Waals surface area contributed by atoms with Crippen LogP contribution >= 0.6 is 11.6 Å². The summed E-state index contributed by atoms with van der Waals surface area (Å²) in [5.74, 6) is -1.35. The van der Waals surface area contributed by atoms with Gasteiger partial charge in [-0.05, 0) is 30.7 Å². The Morgan fingerprint density at radius 1 is 1.46 bits per heavy atom. The van der Waals surface area contributed by atoms with Crippen molar-refractivity contribution in [3.63, 3.8) is 0 Å². The fourth-order valence-corrected chi connectivity index (χ4v) is 2.36. The number of ether oxygens (including phenoxy) is 2. The summed E-state index contributed by atoms with van der Waals surface area (Å²) in [4.78, 5) is 25.8. The first-order valence-electron chi connectivity index (χ1n) is 6.35. The van der Waals surface area contributed by atoms with Crippen LogP contribution in [0.1, 0.15) is 11.1 Å². The summed E-state index contributed by atoms with van der Waals surface area (Å²) in [6.07, 6.45) is -6.36. The predicted molar refractivity (Wildman–Crippen MR) is 75.6 cm³/mol. The summed E-state index contributed by atoms with van der Waals surface area (Å²) in [6.45, 7) is 0.704. The average molecular weight is 367 g/mol. The summed E-state index contributed by atoms with van der Waals surface area (Å²) in [5.41, 5.74) is 1.30. The van der Waals surface area contributed by atoms with Gasteiger partial charge in [-0.15, -0.1) is 10.5 Å². The normalized spacial score (nSPS) is 16.5. The highest BCUT2D eigenvalue weighted by Gasteiger charge is 2.49. The fraction of sp³-hybridized carbons (Fsp3) is 0.308. The molecule has 1 N–H and O–H groups in total. The molecule has 1 aliphatic heterocycles. The van der Waals surface area contributed by atoms with E-state index in [0.717, 1.165) is 6.08 Å². The number of fused-ring (bicyclic) bond motifs is 1. The summed E-state index contributed by atoms with van der Waals surface area (Å²) >= 11 is 5.86. The van der Waals surface area contributed by atoms with Crippen LogP contribution < -0.4 is 10.3 Å². The van der Waals surface area contributed by atoms with Crippen molar-refractivity contribution in [2.75, 3.05) is 6.79 Å². The van der Waals surface area contributed by atoms with Crippen LogP contribution in [-0.2, 0) is 14.4 Å². The van der Waals surface area contributed by atoms with Crippen molar-refractivity contribution in [1.29, 1.82) is 0 Å². The fourth-order valence-electron chi connectivity index (χ4n) is 2.08. The lowest BCUT2D eigenvalue weighted by molar-refractivity contribution is -0.191. The van der Waals surface area contributed by atoms with Crippen molar-refractivity contribution < 1.29 is 32.3 Å². The Bertz CT molecular complexity index is 693. The molecule has 0 spiro atoms. The van der Waals surface area contributed by atoms with Gasteiger partial charge < -0.3 is 9.47 Å². The third kappa shape index (κ3) is 3.95. The Balaban J connectivity index is 2.34. The number of hydrogen-bond acceptors (Lipinski definition) is 6. The number of aryl methyl sites for hydroxylation is 1. The van der Waals surface area contributed by atoms with Gasteiger partial charge in [0.05, 0.1) is 10.9 Å². The van der Waals surface area contributed by atoms with Crippen molar-refractivity contribution in [3.05, 3.63) is 38.8 Å². The van der Waals surface area contributed by atoms with Crippen LogP contribution in [0.4, 0.5) is 13.2 Å². The van der Waals surface area contributed by atoms with Gasteiger partial charge in [0.2, 0.25) is 12.9 Å². The molecular weight excluding hydrogens is 357 g/mol. The number of esters is 1. The van der Waals surface area contributed by atoms with E-state index in [0.29, 0.717) is 5.56 Å². The molecule has 1 atom stereocenters. The van der Waals surface area contributed by atoms with E-state index in [2.05, 4.69) is 14.9 Å². The summed E-state index contributed by atoms with van der Waals surface area (Å²) in [6, 6.07) is 2.80. The predicted octanol–water partition coefficient (Wildman–Crippen LogP) is 3.06. The van der Waals surface area contributed by atoms with Gasteiger partial charge in [0.25, 0.3) is 0 Å². The van der Waals surface area contributed by atoms with Crippen LogP contribution in [0.3, 0.4) is 0 Å². The second-order valence-electron chi connectivity index (χ2n) is 4.66. The molecule has 0 radical (unpaired) electrons. The Morgan fingerprint density at radius 3 is 2.79 bits per heavy atom. The van der Waals surface area contributed by atoms with E-state index < -0.39 is 30.6 Å². The van der Waals surface area contributed by atoms with Gasteiger partial charge >= 0.3 is 12.1 Å². The van der Waals surface area contributed by atoms with Gasteiger partial charge in [-0.25, -0.2) is 9.63 Å². The van der Waals surface area contributed by atoms with E-state index in [1.165, 1.54) is 24.6 Å². The molecule has 0 saturated heterocycles. The van der Waals surface area contributed by atoms with Gasteiger partial charge in [0.1, 0.15) is 5.75 Å². The number of hydrogen-bond donors (Lipinski definition) is 1. The largest absolute Gasteiger partial charge is 0.475 e. The molecule has 7 nitrogen and oxygen atoms in total. The number of halogens is 4. The highest BCUT2D eigenvalue weighted by Crippen LogP contribution is 2.40. The molecule has 0 saturated carbocycles. The topological polar surface area (TPSA) is 86.2 Å². The minimum absolute atomic E-state index is 0.0265. The molecule has 0 aliphatic carbocycles. The number of nitrogens with zero attached hydrogens (tertiary/aromatic N) is 1. The zero-order valence-electron chi connectivity index (χ0n) is 12.0. The second-order valence-corrected chi connectivity index (χ2v) is 5.09. The van der Waals surface area contributed by atoms with Crippen molar-refractivity contribution in [3.8, 4) is 5.75 Å². The molecule has 2 rings (SSSR count). The van der Waals surface area contributed by atoms with Crippen molar-refractivity contribution in [2.45, 2.75) is 19.2 Å². The number of alkyl halides is 3. The van der Waals surface area contributed by atoms with Crippen LogP contribution in [-0.4, -0.2) is 25.0 Å². The first-order chi connectivity index (χ1) is 11.2. The van der Waals surface area contributed by atoms with Crippen LogP contribution in [0.5, 0.6) is 5.75 Å². The SMILES string of the molecule is Cc1cc(Cl)cc2c1O[C@H](C(F)(F)F)C(C(=O)OCONN=O)=C2. The minimum atomic E-state index is -4.85. The molecule has 130 valence electrons. The first kappa shape index (κ1) is 18.0. The third-order valence-electron chi connectivity index (χ3n) is 2.98. The molecule has 11 heteroatoms. The molecule has 1 aromatic rings. The number of nitroso groups, excluding NO2 is 1. The van der Waals surface area contributed by atoms with Gasteiger partial charge in [0, 0.05) is 10.6 Å². The quantitative estimate of drug-likeness (QED) is 0.283. The molecule has 1 aliphatic rings. The number of carbonyl (C=O) groups excluding carboxylic acids is 1. The maximum Gasteiger partial charge on any atom is 0.430 e. The lowest BCUT2D eigenvalue weighted by atomic mass is 9.99. The number of nitrogens with one attached hydrogen (secondary N) is 1. The van der Waals surface area contributed by atoms with E-state index in [4.69, 9.17) is 16.3 Å². The molecule has 0 aromatic heterocycles. The molecular formula is C13H10ClF3N2O5. The summed E-state index contributed by atoms with van der Waals surface area (Å²) in [7, 11) is 0. The minimum Gasteiger partial charge on any atom is -0.475 e. The lowest BCUT2D eigenvalue weighted by Gasteiger charge is -2.28. The second kappa shape index (κ2) is 7.05. The van der Waals surface area contributed by atoms with Crippen LogP contribution in [0.15, 0.2) is 23.0 Å². The van der Waals surface area contributed by atoms with Gasteiger partial charge in [-0.1, -0.05) is 11.6 Å².